The molecule has 0 saturated heterocycles. The second-order valence-corrected chi connectivity index (χ2v) is 1.29. The second-order valence-electron chi connectivity index (χ2n) is 1.29. The van der Waals surface area contributed by atoms with Crippen molar-refractivity contribution >= 4 is 6.03 Å². The molecule has 3 heteroatoms. The zero-order chi connectivity index (χ0) is 9.70. The summed E-state index contributed by atoms with van der Waals surface area (Å²) in [5.74, 6) is 0. The normalized spacial score (nSPS) is 6.27. The van der Waals surface area contributed by atoms with Crippen LogP contribution in [0.1, 0.15) is 41.0 Å². The minimum atomic E-state index is -0.443. The fourth-order valence-corrected chi connectivity index (χ4v) is 0.248. The highest BCUT2D eigenvalue weighted by atomic mass is 16.2. The van der Waals surface area contributed by atoms with Crippen molar-refractivity contribution in [3.63, 3.8) is 0 Å². The Balaban J connectivity index is -0.000000138. The van der Waals surface area contributed by atoms with E-state index in [0.29, 0.717) is 6.54 Å². The van der Waals surface area contributed by atoms with Crippen molar-refractivity contribution in [3.8, 4) is 0 Å². The van der Waals surface area contributed by atoms with Gasteiger partial charge in [-0.3, -0.25) is 0 Å². The molecule has 0 aromatic rings. The zero-order valence-electron chi connectivity index (χ0n) is 8.40. The fourth-order valence-electron chi connectivity index (χ4n) is 0.248. The third kappa shape index (κ3) is 45.8. The van der Waals surface area contributed by atoms with Gasteiger partial charge >= 0.3 is 6.03 Å². The molecule has 2 amide bonds. The van der Waals surface area contributed by atoms with Crippen LogP contribution in [0.4, 0.5) is 4.79 Å². The van der Waals surface area contributed by atoms with Crippen molar-refractivity contribution in [2.45, 2.75) is 41.0 Å². The number of carbonyl (C=O) groups is 1. The third-order valence-electron chi connectivity index (χ3n) is 0.549. The predicted molar refractivity (Wildman–Crippen MR) is 50.6 cm³/mol. The molecule has 0 unspecified atom stereocenters. The van der Waals surface area contributed by atoms with Crippen LogP contribution in [0.5, 0.6) is 0 Å². The fraction of sp³-hybridized carbons (Fsp3) is 0.875. The predicted octanol–water partition coefficient (Wildman–Crippen LogP) is 2.12. The number of amides is 2. The van der Waals surface area contributed by atoms with E-state index in [2.05, 4.69) is 5.32 Å². The Labute approximate surface area is 70.4 Å². The van der Waals surface area contributed by atoms with Gasteiger partial charge in [0.1, 0.15) is 0 Å². The van der Waals surface area contributed by atoms with E-state index in [1.54, 1.807) is 0 Å². The molecular weight excluding hydrogens is 140 g/mol. The van der Waals surface area contributed by atoms with Gasteiger partial charge in [0.25, 0.3) is 0 Å². The number of nitrogens with two attached hydrogens (primary N) is 1. The molecule has 0 radical (unpaired) electrons. The Morgan fingerprint density at radius 3 is 1.73 bits per heavy atom. The van der Waals surface area contributed by atoms with Crippen LogP contribution >= 0.6 is 0 Å². The average molecular weight is 162 g/mol. The lowest BCUT2D eigenvalue weighted by Crippen LogP contribution is -2.29. The van der Waals surface area contributed by atoms with E-state index in [4.69, 9.17) is 5.73 Å². The molecule has 3 N–H and O–H groups in total. The molecule has 0 atom stereocenters. The molecule has 0 aliphatic carbocycles. The summed E-state index contributed by atoms with van der Waals surface area (Å²) < 4.78 is 0. The molecule has 70 valence electrons. The molecular formula is C8H22N2O. The molecule has 3 nitrogen and oxygen atoms in total. The van der Waals surface area contributed by atoms with Gasteiger partial charge in [0.2, 0.25) is 0 Å². The molecule has 0 aliphatic rings. The maximum atomic E-state index is 9.87. The van der Waals surface area contributed by atoms with E-state index in [-0.39, 0.29) is 0 Å². The number of rotatable bonds is 2. The number of primary amides is 1. The SMILES string of the molecule is CC.CC.CCCNC(N)=O. The highest BCUT2D eigenvalue weighted by Gasteiger charge is 1.83. The molecule has 0 fully saturated rings. The van der Waals surface area contributed by atoms with E-state index >= 15 is 0 Å². The highest BCUT2D eigenvalue weighted by molar-refractivity contribution is 5.71. The topological polar surface area (TPSA) is 55.1 Å². The lowest BCUT2D eigenvalue weighted by molar-refractivity contribution is 0.249. The number of hydrogen-bond donors (Lipinski definition) is 2. The van der Waals surface area contributed by atoms with Crippen molar-refractivity contribution < 1.29 is 4.79 Å². The summed E-state index contributed by atoms with van der Waals surface area (Å²) >= 11 is 0. The summed E-state index contributed by atoms with van der Waals surface area (Å²) in [7, 11) is 0. The van der Waals surface area contributed by atoms with E-state index in [1.807, 2.05) is 34.6 Å². The lowest BCUT2D eigenvalue weighted by atomic mass is 10.5. The Hall–Kier alpha value is -0.730. The first kappa shape index (κ1) is 16.7. The van der Waals surface area contributed by atoms with Gasteiger partial charge in [-0.2, -0.15) is 0 Å². The molecule has 0 aromatic heterocycles. The van der Waals surface area contributed by atoms with Crippen molar-refractivity contribution in [2.24, 2.45) is 5.73 Å². The molecule has 0 heterocycles. The van der Waals surface area contributed by atoms with Crippen LogP contribution in [0, 0.1) is 0 Å². The largest absolute Gasteiger partial charge is 0.352 e. The van der Waals surface area contributed by atoms with Crippen LogP contribution in [-0.2, 0) is 0 Å². The van der Waals surface area contributed by atoms with Gasteiger partial charge in [0, 0.05) is 6.54 Å². The number of urea groups is 1. The van der Waals surface area contributed by atoms with Crippen LogP contribution in [0.25, 0.3) is 0 Å². The summed E-state index contributed by atoms with van der Waals surface area (Å²) in [5, 5.41) is 2.43. The summed E-state index contributed by atoms with van der Waals surface area (Å²) in [4.78, 5) is 9.87. The molecule has 0 aliphatic heterocycles. The van der Waals surface area contributed by atoms with Crippen LogP contribution in [0.15, 0.2) is 0 Å². The van der Waals surface area contributed by atoms with Gasteiger partial charge in [-0.1, -0.05) is 34.6 Å². The lowest BCUT2D eigenvalue weighted by Gasteiger charge is -1.93. The maximum Gasteiger partial charge on any atom is 0.312 e. The van der Waals surface area contributed by atoms with Gasteiger partial charge in [-0.05, 0) is 6.42 Å². The Kier molecular flexibility index (Phi) is 34.7. The summed E-state index contributed by atoms with van der Waals surface area (Å²) in [6.45, 7) is 10.6. The molecule has 0 spiro atoms. The Morgan fingerprint density at radius 1 is 1.27 bits per heavy atom. The molecule has 0 bridgehead atoms. The molecule has 0 aromatic carbocycles. The quantitative estimate of drug-likeness (QED) is 0.642. The van der Waals surface area contributed by atoms with Crippen LogP contribution in [0.2, 0.25) is 0 Å². The monoisotopic (exact) mass is 162 g/mol. The number of nitrogens with one attached hydrogen (secondary N) is 1. The van der Waals surface area contributed by atoms with Gasteiger partial charge in [-0.15, -0.1) is 0 Å². The van der Waals surface area contributed by atoms with Gasteiger partial charge in [0.15, 0.2) is 0 Å². The standard InChI is InChI=1S/C4H10N2O.2C2H6/c1-2-3-6-4(5)7;2*1-2/h2-3H2,1H3,(H3,5,6,7);2*1-2H3. The highest BCUT2D eigenvalue weighted by Crippen LogP contribution is 1.66. The average Bonchev–Trinajstić information content (AvgIpc) is 2.08. The number of carbonyl (C=O) groups excluding carboxylic acids is 1. The summed E-state index contributed by atoms with van der Waals surface area (Å²) in [5.41, 5.74) is 4.73. The Bertz CT molecular complexity index is 65.1. The Morgan fingerprint density at radius 2 is 1.64 bits per heavy atom. The van der Waals surface area contributed by atoms with Gasteiger partial charge in [0.05, 0.1) is 0 Å². The first-order valence-corrected chi connectivity index (χ1v) is 4.30. The molecule has 11 heavy (non-hydrogen) atoms. The van der Waals surface area contributed by atoms with Crippen LogP contribution < -0.4 is 11.1 Å². The van der Waals surface area contributed by atoms with Crippen molar-refractivity contribution in [1.82, 2.24) is 5.32 Å². The van der Waals surface area contributed by atoms with Crippen LogP contribution in [0.3, 0.4) is 0 Å². The van der Waals surface area contributed by atoms with E-state index < -0.39 is 6.03 Å². The van der Waals surface area contributed by atoms with E-state index in [0.717, 1.165) is 6.42 Å². The first-order chi connectivity index (χ1) is 5.27. The molecule has 0 saturated carbocycles. The second kappa shape index (κ2) is 22.8. The van der Waals surface area contributed by atoms with Gasteiger partial charge < -0.3 is 11.1 Å². The minimum Gasteiger partial charge on any atom is -0.352 e. The minimum absolute atomic E-state index is 0.443. The number of hydrogen-bond acceptors (Lipinski definition) is 1. The summed E-state index contributed by atoms with van der Waals surface area (Å²) in [6.07, 6.45) is 0.933. The zero-order valence-corrected chi connectivity index (χ0v) is 8.40. The first-order valence-electron chi connectivity index (χ1n) is 4.30. The molecule has 0 rings (SSSR count). The van der Waals surface area contributed by atoms with Crippen molar-refractivity contribution in [2.75, 3.05) is 6.54 Å². The third-order valence-corrected chi connectivity index (χ3v) is 0.549. The van der Waals surface area contributed by atoms with Crippen LogP contribution in [-0.4, -0.2) is 12.6 Å². The summed E-state index contributed by atoms with van der Waals surface area (Å²) in [6, 6.07) is -0.443. The van der Waals surface area contributed by atoms with Crippen molar-refractivity contribution in [3.05, 3.63) is 0 Å². The van der Waals surface area contributed by atoms with E-state index in [1.165, 1.54) is 0 Å². The van der Waals surface area contributed by atoms with E-state index in [9.17, 15) is 4.79 Å². The van der Waals surface area contributed by atoms with Crippen molar-refractivity contribution in [1.29, 1.82) is 0 Å². The smallest absolute Gasteiger partial charge is 0.312 e. The van der Waals surface area contributed by atoms with Gasteiger partial charge in [-0.25, -0.2) is 4.79 Å². The maximum absolute atomic E-state index is 9.87.